The zero-order valence-electron chi connectivity index (χ0n) is 40.2. The van der Waals surface area contributed by atoms with Crippen LogP contribution >= 0.6 is 0 Å². The average molecular weight is 853 g/mol. The number of rotatable bonds is 46. The van der Waals surface area contributed by atoms with Crippen LogP contribution in [0.2, 0.25) is 0 Å². The molecule has 0 N–H and O–H groups in total. The largest absolute Gasteiger partial charge is 0.462 e. The monoisotopic (exact) mass is 853 g/mol. The maximum Gasteiger partial charge on any atom is 0.306 e. The normalized spacial score (nSPS) is 12.5. The van der Waals surface area contributed by atoms with Crippen LogP contribution in [0, 0.1) is 0 Å². The van der Waals surface area contributed by atoms with Crippen LogP contribution in [0.4, 0.5) is 0 Å². The third-order valence-electron chi connectivity index (χ3n) is 11.0. The topological polar surface area (TPSA) is 78.9 Å². The Morgan fingerprint density at radius 2 is 0.689 bits per heavy atom. The molecule has 0 radical (unpaired) electrons. The van der Waals surface area contributed by atoms with Crippen LogP contribution in [-0.2, 0) is 28.6 Å². The number of carbonyl (C=O) groups excluding carboxylic acids is 3. The molecule has 0 aromatic carbocycles. The molecule has 0 aliphatic carbocycles. The molecule has 0 aliphatic heterocycles. The molecule has 1 unspecified atom stereocenters. The van der Waals surface area contributed by atoms with Crippen LogP contribution in [0.15, 0.2) is 60.8 Å². The van der Waals surface area contributed by atoms with E-state index < -0.39 is 6.10 Å². The number of hydrogen-bond donors (Lipinski definition) is 0. The summed E-state index contributed by atoms with van der Waals surface area (Å²) < 4.78 is 16.7. The molecule has 0 bridgehead atoms. The van der Waals surface area contributed by atoms with Crippen molar-refractivity contribution in [1.29, 1.82) is 0 Å². The van der Waals surface area contributed by atoms with Gasteiger partial charge in [0, 0.05) is 19.3 Å². The summed E-state index contributed by atoms with van der Waals surface area (Å²) in [7, 11) is 0. The van der Waals surface area contributed by atoms with E-state index >= 15 is 0 Å². The highest BCUT2D eigenvalue weighted by molar-refractivity contribution is 5.71. The SMILES string of the molecule is CC/C=C\C/C=C\C/C=C\CCCC(=O)OCC(COC(=O)CCCCCCCCCCCCCCCCCCCCC)OC(=O)CC/C=C\C/C=C\CCCCCCCC. The fourth-order valence-electron chi connectivity index (χ4n) is 7.17. The van der Waals surface area contributed by atoms with Crippen molar-refractivity contribution >= 4 is 17.9 Å². The Balaban J connectivity index is 4.38. The molecule has 0 heterocycles. The summed E-state index contributed by atoms with van der Waals surface area (Å²) in [5.41, 5.74) is 0. The fourth-order valence-corrected chi connectivity index (χ4v) is 7.17. The second kappa shape index (κ2) is 49.8. The van der Waals surface area contributed by atoms with Gasteiger partial charge >= 0.3 is 17.9 Å². The highest BCUT2D eigenvalue weighted by Crippen LogP contribution is 2.15. The maximum absolute atomic E-state index is 12.7. The second-order valence-corrected chi connectivity index (χ2v) is 17.1. The number of carbonyl (C=O) groups is 3. The molecule has 0 aromatic heterocycles. The van der Waals surface area contributed by atoms with Gasteiger partial charge in [0.05, 0.1) is 0 Å². The Morgan fingerprint density at radius 1 is 0.344 bits per heavy atom. The van der Waals surface area contributed by atoms with Gasteiger partial charge in [0.15, 0.2) is 6.10 Å². The van der Waals surface area contributed by atoms with Gasteiger partial charge in [-0.1, -0.05) is 229 Å². The van der Waals surface area contributed by atoms with Crippen molar-refractivity contribution in [2.24, 2.45) is 0 Å². The minimum absolute atomic E-state index is 0.110. The minimum atomic E-state index is -0.821. The molecule has 0 aromatic rings. The lowest BCUT2D eigenvalue weighted by Crippen LogP contribution is -2.30. The Kier molecular flexibility index (Phi) is 47.4. The summed E-state index contributed by atoms with van der Waals surface area (Å²) >= 11 is 0. The van der Waals surface area contributed by atoms with Gasteiger partial charge in [-0.2, -0.15) is 0 Å². The van der Waals surface area contributed by atoms with Crippen molar-refractivity contribution in [3.05, 3.63) is 60.8 Å². The molecular weight excluding hydrogens is 757 g/mol. The van der Waals surface area contributed by atoms with Gasteiger partial charge in [0.2, 0.25) is 0 Å². The van der Waals surface area contributed by atoms with Gasteiger partial charge in [-0.3, -0.25) is 14.4 Å². The zero-order chi connectivity index (χ0) is 44.4. The van der Waals surface area contributed by atoms with Gasteiger partial charge in [0.25, 0.3) is 0 Å². The molecule has 0 amide bonds. The first kappa shape index (κ1) is 58.1. The summed E-state index contributed by atoms with van der Waals surface area (Å²) in [5, 5.41) is 0. The fraction of sp³-hybridized carbons (Fsp3) is 0.764. The van der Waals surface area contributed by atoms with Crippen molar-refractivity contribution in [3.63, 3.8) is 0 Å². The Morgan fingerprint density at radius 3 is 1.13 bits per heavy atom. The van der Waals surface area contributed by atoms with Crippen LogP contribution in [0.25, 0.3) is 0 Å². The standard InChI is InChI=1S/C55H96O6/c1-4-7-10-13-16-19-22-24-25-26-27-28-29-31-33-36-39-42-45-48-54(57)60-51-52(50-59-53(56)47-44-41-38-35-32-21-18-15-12-9-6-3)61-55(58)49-46-43-40-37-34-30-23-20-17-14-11-8-5-2/h9,12,18,21,30,34-35,38,40,43,52H,4-8,10-11,13-17,19-20,22-29,31-33,36-37,39,41-42,44-51H2,1-3H3/b12-9-,21-18-,34-30-,38-35-,43-40-. The molecule has 352 valence electrons. The predicted octanol–water partition coefficient (Wildman–Crippen LogP) is 16.9. The van der Waals surface area contributed by atoms with Crippen molar-refractivity contribution in [2.75, 3.05) is 13.2 Å². The van der Waals surface area contributed by atoms with Crippen LogP contribution in [-0.4, -0.2) is 37.2 Å². The number of unbranched alkanes of at least 4 members (excludes halogenated alkanes) is 25. The summed E-state index contributed by atoms with van der Waals surface area (Å²) in [6.07, 6.45) is 61.0. The molecular formula is C55H96O6. The molecule has 0 saturated heterocycles. The summed E-state index contributed by atoms with van der Waals surface area (Å²) in [6.45, 7) is 6.43. The molecule has 6 nitrogen and oxygen atoms in total. The van der Waals surface area contributed by atoms with E-state index in [0.29, 0.717) is 19.3 Å². The van der Waals surface area contributed by atoms with Gasteiger partial charge in [-0.15, -0.1) is 0 Å². The van der Waals surface area contributed by atoms with Crippen LogP contribution in [0.3, 0.4) is 0 Å². The quantitative estimate of drug-likeness (QED) is 0.0263. The van der Waals surface area contributed by atoms with E-state index in [4.69, 9.17) is 14.2 Å². The van der Waals surface area contributed by atoms with Gasteiger partial charge in [-0.05, 0) is 64.2 Å². The third kappa shape index (κ3) is 48.0. The van der Waals surface area contributed by atoms with Crippen LogP contribution < -0.4 is 0 Å². The Hall–Kier alpha value is -2.89. The number of allylic oxidation sites excluding steroid dienone is 10. The van der Waals surface area contributed by atoms with E-state index in [1.165, 1.54) is 141 Å². The van der Waals surface area contributed by atoms with E-state index in [0.717, 1.165) is 57.8 Å². The lowest BCUT2D eigenvalue weighted by atomic mass is 10.0. The van der Waals surface area contributed by atoms with E-state index in [1.807, 2.05) is 6.08 Å². The summed E-state index contributed by atoms with van der Waals surface area (Å²) in [5.74, 6) is -1.03. The zero-order valence-corrected chi connectivity index (χ0v) is 40.2. The second-order valence-electron chi connectivity index (χ2n) is 17.1. The molecule has 0 fully saturated rings. The molecule has 1 atom stereocenters. The van der Waals surface area contributed by atoms with Crippen LogP contribution in [0.1, 0.15) is 252 Å². The third-order valence-corrected chi connectivity index (χ3v) is 11.0. The summed E-state index contributed by atoms with van der Waals surface area (Å²) in [4.78, 5) is 37.8. The minimum Gasteiger partial charge on any atom is -0.462 e. The molecule has 0 spiro atoms. The number of esters is 3. The lowest BCUT2D eigenvalue weighted by Gasteiger charge is -2.18. The molecule has 61 heavy (non-hydrogen) atoms. The highest BCUT2D eigenvalue weighted by Gasteiger charge is 2.19. The van der Waals surface area contributed by atoms with E-state index in [2.05, 4.69) is 75.5 Å². The summed E-state index contributed by atoms with van der Waals surface area (Å²) in [6, 6.07) is 0. The average Bonchev–Trinajstić information content (AvgIpc) is 3.26. The smallest absolute Gasteiger partial charge is 0.306 e. The van der Waals surface area contributed by atoms with Crippen molar-refractivity contribution in [3.8, 4) is 0 Å². The number of hydrogen-bond acceptors (Lipinski definition) is 6. The van der Waals surface area contributed by atoms with E-state index in [9.17, 15) is 14.4 Å². The molecule has 6 heteroatoms. The first-order chi connectivity index (χ1) is 30.0. The van der Waals surface area contributed by atoms with Gasteiger partial charge in [-0.25, -0.2) is 0 Å². The Bertz CT molecular complexity index is 1120. The van der Waals surface area contributed by atoms with Gasteiger partial charge in [0.1, 0.15) is 13.2 Å². The maximum atomic E-state index is 12.7. The highest BCUT2D eigenvalue weighted by atomic mass is 16.6. The van der Waals surface area contributed by atoms with Gasteiger partial charge < -0.3 is 14.2 Å². The number of ether oxygens (including phenoxy) is 3. The van der Waals surface area contributed by atoms with Crippen molar-refractivity contribution in [1.82, 2.24) is 0 Å². The Labute approximate surface area is 377 Å². The van der Waals surface area contributed by atoms with E-state index in [1.54, 1.807) is 0 Å². The lowest BCUT2D eigenvalue weighted by molar-refractivity contribution is -0.166. The first-order valence-electron chi connectivity index (χ1n) is 25.8. The van der Waals surface area contributed by atoms with Crippen molar-refractivity contribution in [2.45, 2.75) is 258 Å². The molecule has 0 rings (SSSR count). The molecule has 0 saturated carbocycles. The van der Waals surface area contributed by atoms with Crippen LogP contribution in [0.5, 0.6) is 0 Å². The predicted molar refractivity (Wildman–Crippen MR) is 261 cm³/mol. The molecule has 0 aliphatic rings. The first-order valence-corrected chi connectivity index (χ1v) is 25.8. The van der Waals surface area contributed by atoms with E-state index in [-0.39, 0.29) is 44.0 Å². The van der Waals surface area contributed by atoms with Crippen molar-refractivity contribution < 1.29 is 28.6 Å².